The van der Waals surface area contributed by atoms with Crippen molar-refractivity contribution in [1.29, 1.82) is 0 Å². The van der Waals surface area contributed by atoms with E-state index in [1.165, 1.54) is 36.9 Å². The number of nitrogens with zero attached hydrogens (tertiary/aromatic N) is 1. The van der Waals surface area contributed by atoms with E-state index in [0.29, 0.717) is 12.1 Å². The van der Waals surface area contributed by atoms with Crippen LogP contribution in [0.1, 0.15) is 43.4 Å². The van der Waals surface area contributed by atoms with Crippen LogP contribution in [0, 0.1) is 0 Å². The molecule has 2 aromatic carbocycles. The molecule has 0 saturated carbocycles. The van der Waals surface area contributed by atoms with Gasteiger partial charge in [-0.1, -0.05) is 67.1 Å². The van der Waals surface area contributed by atoms with Crippen molar-refractivity contribution in [1.82, 2.24) is 4.90 Å². The van der Waals surface area contributed by atoms with Crippen molar-refractivity contribution < 1.29 is 0 Å². The number of piperidine rings is 1. The average molecular weight is 279 g/mol. The maximum Gasteiger partial charge on any atom is 0.0391 e. The lowest BCUT2D eigenvalue weighted by Gasteiger charge is -2.40. The van der Waals surface area contributed by atoms with Gasteiger partial charge in [-0.2, -0.15) is 0 Å². The summed E-state index contributed by atoms with van der Waals surface area (Å²) >= 11 is 0. The first-order chi connectivity index (χ1) is 10.3. The molecule has 110 valence electrons. The van der Waals surface area contributed by atoms with Gasteiger partial charge in [-0.25, -0.2) is 0 Å². The Balaban J connectivity index is 1.87. The highest BCUT2D eigenvalue weighted by molar-refractivity contribution is 5.24. The third kappa shape index (κ3) is 3.54. The molecule has 0 N–H and O–H groups in total. The molecule has 3 rings (SSSR count). The molecule has 1 heteroatoms. The van der Waals surface area contributed by atoms with Gasteiger partial charge in [0, 0.05) is 12.1 Å². The smallest absolute Gasteiger partial charge is 0.0391 e. The minimum absolute atomic E-state index is 0.504. The van der Waals surface area contributed by atoms with Crippen LogP contribution in [-0.2, 0) is 6.42 Å². The van der Waals surface area contributed by atoms with Gasteiger partial charge in [-0.15, -0.1) is 0 Å². The Labute approximate surface area is 128 Å². The third-order valence-corrected chi connectivity index (χ3v) is 4.71. The Bertz CT molecular complexity index is 534. The maximum atomic E-state index is 2.71. The molecule has 1 nitrogen and oxygen atoms in total. The van der Waals surface area contributed by atoms with Crippen molar-refractivity contribution in [3.63, 3.8) is 0 Å². The molecule has 2 aromatic rings. The maximum absolute atomic E-state index is 2.71. The second-order valence-corrected chi connectivity index (χ2v) is 6.20. The molecule has 0 aliphatic carbocycles. The largest absolute Gasteiger partial charge is 0.293 e. The summed E-state index contributed by atoms with van der Waals surface area (Å²) in [6.45, 7) is 3.62. The highest BCUT2D eigenvalue weighted by atomic mass is 15.2. The zero-order chi connectivity index (χ0) is 14.5. The lowest BCUT2D eigenvalue weighted by Crippen LogP contribution is -2.41. The number of rotatable bonds is 4. The van der Waals surface area contributed by atoms with Gasteiger partial charge in [0.1, 0.15) is 0 Å². The summed E-state index contributed by atoms with van der Waals surface area (Å²) in [6, 6.07) is 23.1. The molecule has 1 saturated heterocycles. The predicted octanol–water partition coefficient (Wildman–Crippen LogP) is 4.84. The molecule has 2 atom stereocenters. The zero-order valence-corrected chi connectivity index (χ0v) is 12.9. The van der Waals surface area contributed by atoms with Crippen LogP contribution in [-0.4, -0.2) is 17.5 Å². The predicted molar refractivity (Wildman–Crippen MR) is 89.3 cm³/mol. The van der Waals surface area contributed by atoms with Crippen molar-refractivity contribution in [2.45, 2.75) is 44.7 Å². The monoisotopic (exact) mass is 279 g/mol. The van der Waals surface area contributed by atoms with Gasteiger partial charge in [-0.05, 0) is 43.9 Å². The van der Waals surface area contributed by atoms with E-state index in [4.69, 9.17) is 0 Å². The van der Waals surface area contributed by atoms with Crippen LogP contribution >= 0.6 is 0 Å². The summed E-state index contributed by atoms with van der Waals surface area (Å²) in [5.74, 6) is 0. The van der Waals surface area contributed by atoms with E-state index in [0.717, 1.165) is 6.42 Å². The fourth-order valence-electron chi connectivity index (χ4n) is 3.52. The lowest BCUT2D eigenvalue weighted by molar-refractivity contribution is 0.104. The molecule has 0 amide bonds. The SMILES string of the molecule is CC1CCCCN1C(Cc1ccccc1)c1ccccc1. The molecule has 0 radical (unpaired) electrons. The van der Waals surface area contributed by atoms with Gasteiger partial charge in [0.15, 0.2) is 0 Å². The lowest BCUT2D eigenvalue weighted by atomic mass is 9.93. The van der Waals surface area contributed by atoms with Crippen molar-refractivity contribution >= 4 is 0 Å². The molecular formula is C20H25N. The summed E-state index contributed by atoms with van der Waals surface area (Å²) in [6.07, 6.45) is 5.15. The standard InChI is InChI=1S/C20H25N/c1-17-10-8-9-15-21(17)20(19-13-6-3-7-14-19)16-18-11-4-2-5-12-18/h2-7,11-14,17,20H,8-10,15-16H2,1H3. The molecule has 1 heterocycles. The van der Waals surface area contributed by atoms with Gasteiger partial charge >= 0.3 is 0 Å². The van der Waals surface area contributed by atoms with Gasteiger partial charge in [-0.3, -0.25) is 4.90 Å². The normalized spacial score (nSPS) is 21.1. The molecule has 1 fully saturated rings. The highest BCUT2D eigenvalue weighted by Gasteiger charge is 2.27. The van der Waals surface area contributed by atoms with E-state index in [-0.39, 0.29) is 0 Å². The van der Waals surface area contributed by atoms with Crippen LogP contribution in [0.25, 0.3) is 0 Å². The fourth-order valence-corrected chi connectivity index (χ4v) is 3.52. The van der Waals surface area contributed by atoms with E-state index in [1.807, 2.05) is 0 Å². The molecule has 0 spiro atoms. The average Bonchev–Trinajstić information content (AvgIpc) is 2.55. The Hall–Kier alpha value is -1.60. The number of benzene rings is 2. The Kier molecular flexibility index (Phi) is 4.72. The quantitative estimate of drug-likeness (QED) is 0.773. The van der Waals surface area contributed by atoms with Crippen LogP contribution in [0.2, 0.25) is 0 Å². The van der Waals surface area contributed by atoms with Crippen molar-refractivity contribution in [2.75, 3.05) is 6.54 Å². The van der Waals surface area contributed by atoms with Crippen LogP contribution in [0.4, 0.5) is 0 Å². The van der Waals surface area contributed by atoms with E-state index in [9.17, 15) is 0 Å². The van der Waals surface area contributed by atoms with Crippen LogP contribution in [0.3, 0.4) is 0 Å². The minimum atomic E-state index is 0.504. The van der Waals surface area contributed by atoms with Gasteiger partial charge in [0.25, 0.3) is 0 Å². The fraction of sp³-hybridized carbons (Fsp3) is 0.400. The number of likely N-dealkylation sites (tertiary alicyclic amines) is 1. The molecule has 1 aliphatic heterocycles. The van der Waals surface area contributed by atoms with E-state index in [1.54, 1.807) is 0 Å². The van der Waals surface area contributed by atoms with Crippen LogP contribution in [0.5, 0.6) is 0 Å². The number of hydrogen-bond acceptors (Lipinski definition) is 1. The van der Waals surface area contributed by atoms with Crippen LogP contribution < -0.4 is 0 Å². The Morgan fingerprint density at radius 3 is 2.29 bits per heavy atom. The molecule has 0 aromatic heterocycles. The molecule has 1 aliphatic rings. The van der Waals surface area contributed by atoms with Crippen LogP contribution in [0.15, 0.2) is 60.7 Å². The molecule has 2 unspecified atom stereocenters. The Morgan fingerprint density at radius 2 is 1.62 bits per heavy atom. The first-order valence-corrected chi connectivity index (χ1v) is 8.19. The van der Waals surface area contributed by atoms with E-state index < -0.39 is 0 Å². The topological polar surface area (TPSA) is 3.24 Å². The first kappa shape index (κ1) is 14.3. The summed E-state index contributed by atoms with van der Waals surface area (Å²) in [7, 11) is 0. The Morgan fingerprint density at radius 1 is 0.952 bits per heavy atom. The first-order valence-electron chi connectivity index (χ1n) is 8.19. The second-order valence-electron chi connectivity index (χ2n) is 6.20. The summed E-state index contributed by atoms with van der Waals surface area (Å²) < 4.78 is 0. The van der Waals surface area contributed by atoms with E-state index >= 15 is 0 Å². The van der Waals surface area contributed by atoms with Gasteiger partial charge < -0.3 is 0 Å². The summed E-state index contributed by atoms with van der Waals surface area (Å²) in [5, 5.41) is 0. The zero-order valence-electron chi connectivity index (χ0n) is 12.9. The van der Waals surface area contributed by atoms with Gasteiger partial charge in [0.05, 0.1) is 0 Å². The molecule has 0 bridgehead atoms. The van der Waals surface area contributed by atoms with Crippen molar-refractivity contribution in [2.24, 2.45) is 0 Å². The second kappa shape index (κ2) is 6.91. The minimum Gasteiger partial charge on any atom is -0.293 e. The van der Waals surface area contributed by atoms with Gasteiger partial charge in [0.2, 0.25) is 0 Å². The van der Waals surface area contributed by atoms with E-state index in [2.05, 4.69) is 72.5 Å². The molecule has 21 heavy (non-hydrogen) atoms. The summed E-state index contributed by atoms with van der Waals surface area (Å²) in [5.41, 5.74) is 2.89. The third-order valence-electron chi connectivity index (χ3n) is 4.71. The molecular weight excluding hydrogens is 254 g/mol. The van der Waals surface area contributed by atoms with Crippen molar-refractivity contribution in [3.8, 4) is 0 Å². The number of hydrogen-bond donors (Lipinski definition) is 0. The van der Waals surface area contributed by atoms with Crippen molar-refractivity contribution in [3.05, 3.63) is 71.8 Å². The highest BCUT2D eigenvalue weighted by Crippen LogP contribution is 2.31. The summed E-state index contributed by atoms with van der Waals surface area (Å²) in [4.78, 5) is 2.71.